The van der Waals surface area contributed by atoms with Crippen LogP contribution in [0.3, 0.4) is 0 Å². The number of hydrogen-bond acceptors (Lipinski definition) is 2. The fourth-order valence-corrected chi connectivity index (χ4v) is 3.63. The molecule has 0 atom stereocenters. The van der Waals surface area contributed by atoms with Gasteiger partial charge in [-0.15, -0.1) is 0 Å². The summed E-state index contributed by atoms with van der Waals surface area (Å²) in [5.41, 5.74) is 9.20. The van der Waals surface area contributed by atoms with E-state index in [9.17, 15) is 9.59 Å². The lowest BCUT2D eigenvalue weighted by molar-refractivity contribution is -0.135. The summed E-state index contributed by atoms with van der Waals surface area (Å²) in [7, 11) is 0. The van der Waals surface area contributed by atoms with Crippen molar-refractivity contribution in [2.45, 2.75) is 46.6 Å². The van der Waals surface area contributed by atoms with Gasteiger partial charge in [-0.2, -0.15) is 0 Å². The fraction of sp³-hybridized carbons (Fsp3) is 0.259. The Bertz CT molecular complexity index is 1060. The molecular formula is C27H30N2O2. The Morgan fingerprint density at radius 1 is 0.871 bits per heavy atom. The molecule has 0 saturated heterocycles. The second-order valence-corrected chi connectivity index (χ2v) is 8.14. The van der Waals surface area contributed by atoms with E-state index in [-0.39, 0.29) is 17.9 Å². The molecule has 0 aromatic heterocycles. The maximum Gasteiger partial charge on any atom is 0.269 e. The highest BCUT2D eigenvalue weighted by atomic mass is 16.2. The predicted octanol–water partition coefficient (Wildman–Crippen LogP) is 5.49. The molecule has 31 heavy (non-hydrogen) atoms. The standard InChI is InChI=1S/C27H30N2O2/c1-19(2)29(28-27(31)23-11-6-5-7-12-23)26(30)17-16-22-10-8-9-13-24(22)25-18-20(3)14-15-21(25)4/h5-15,18-19H,16-17H2,1-4H3,(H,28,31). The Morgan fingerprint density at radius 2 is 1.55 bits per heavy atom. The number of nitrogens with zero attached hydrogens (tertiary/aromatic N) is 1. The Morgan fingerprint density at radius 3 is 2.26 bits per heavy atom. The molecule has 2 amide bonds. The average molecular weight is 415 g/mol. The Labute approximate surface area is 184 Å². The highest BCUT2D eigenvalue weighted by molar-refractivity contribution is 5.95. The Kier molecular flexibility index (Phi) is 7.24. The number of nitrogens with one attached hydrogen (secondary N) is 1. The summed E-state index contributed by atoms with van der Waals surface area (Å²) in [5, 5.41) is 1.44. The van der Waals surface area contributed by atoms with Gasteiger partial charge in [0.05, 0.1) is 0 Å². The lowest BCUT2D eigenvalue weighted by atomic mass is 9.92. The van der Waals surface area contributed by atoms with Crippen LogP contribution in [0.5, 0.6) is 0 Å². The highest BCUT2D eigenvalue weighted by Gasteiger charge is 2.20. The predicted molar refractivity (Wildman–Crippen MR) is 126 cm³/mol. The van der Waals surface area contributed by atoms with E-state index in [1.165, 1.54) is 21.7 Å². The zero-order valence-electron chi connectivity index (χ0n) is 18.7. The van der Waals surface area contributed by atoms with E-state index >= 15 is 0 Å². The molecule has 0 saturated carbocycles. The van der Waals surface area contributed by atoms with E-state index in [4.69, 9.17) is 0 Å². The molecular weight excluding hydrogens is 384 g/mol. The molecule has 0 unspecified atom stereocenters. The van der Waals surface area contributed by atoms with Gasteiger partial charge in [0.1, 0.15) is 0 Å². The SMILES string of the molecule is Cc1ccc(C)c(-c2ccccc2CCC(=O)N(NC(=O)c2ccccc2)C(C)C)c1. The monoisotopic (exact) mass is 414 g/mol. The molecule has 1 N–H and O–H groups in total. The lowest BCUT2D eigenvalue weighted by Crippen LogP contribution is -2.50. The van der Waals surface area contributed by atoms with Crippen molar-refractivity contribution in [3.8, 4) is 11.1 Å². The normalized spacial score (nSPS) is 10.7. The first kappa shape index (κ1) is 22.3. The quantitative estimate of drug-likeness (QED) is 0.543. The van der Waals surface area contributed by atoms with E-state index in [1.807, 2.05) is 32.0 Å². The molecule has 0 radical (unpaired) electrons. The molecule has 0 heterocycles. The summed E-state index contributed by atoms with van der Waals surface area (Å²) in [6, 6.07) is 23.5. The van der Waals surface area contributed by atoms with Crippen LogP contribution in [-0.4, -0.2) is 22.9 Å². The number of benzene rings is 3. The maximum absolute atomic E-state index is 13.0. The van der Waals surface area contributed by atoms with Crippen molar-refractivity contribution in [1.82, 2.24) is 10.4 Å². The van der Waals surface area contributed by atoms with E-state index in [2.05, 4.69) is 49.6 Å². The van der Waals surface area contributed by atoms with Crippen molar-refractivity contribution >= 4 is 11.8 Å². The highest BCUT2D eigenvalue weighted by Crippen LogP contribution is 2.28. The maximum atomic E-state index is 13.0. The number of hydrogen-bond donors (Lipinski definition) is 1. The van der Waals surface area contributed by atoms with E-state index in [0.717, 1.165) is 11.1 Å². The van der Waals surface area contributed by atoms with Gasteiger partial charge in [0.25, 0.3) is 5.91 Å². The van der Waals surface area contributed by atoms with Crippen LogP contribution in [0, 0.1) is 13.8 Å². The minimum atomic E-state index is -0.279. The molecule has 3 rings (SSSR count). The van der Waals surface area contributed by atoms with E-state index in [0.29, 0.717) is 18.4 Å². The first-order chi connectivity index (χ1) is 14.9. The van der Waals surface area contributed by atoms with Crippen LogP contribution in [0.2, 0.25) is 0 Å². The smallest absolute Gasteiger partial charge is 0.269 e. The Balaban J connectivity index is 1.75. The number of hydrazine groups is 1. The van der Waals surface area contributed by atoms with Gasteiger partial charge in [-0.25, -0.2) is 0 Å². The summed E-state index contributed by atoms with van der Waals surface area (Å²) >= 11 is 0. The van der Waals surface area contributed by atoms with Gasteiger partial charge in [0.2, 0.25) is 5.91 Å². The van der Waals surface area contributed by atoms with E-state index in [1.54, 1.807) is 24.3 Å². The van der Waals surface area contributed by atoms with Crippen LogP contribution < -0.4 is 5.43 Å². The number of carbonyl (C=O) groups is 2. The summed E-state index contributed by atoms with van der Waals surface area (Å²) in [6.07, 6.45) is 0.919. The third-order valence-corrected chi connectivity index (χ3v) is 5.35. The van der Waals surface area contributed by atoms with Gasteiger partial charge in [0, 0.05) is 18.0 Å². The van der Waals surface area contributed by atoms with Gasteiger partial charge in [-0.1, -0.05) is 66.2 Å². The summed E-state index contributed by atoms with van der Waals surface area (Å²) in [6.45, 7) is 7.99. The number of carbonyl (C=O) groups excluding carboxylic acids is 2. The number of aryl methyl sites for hydroxylation is 3. The minimum absolute atomic E-state index is 0.102. The summed E-state index contributed by atoms with van der Waals surface area (Å²) < 4.78 is 0. The van der Waals surface area contributed by atoms with Crippen LogP contribution in [-0.2, 0) is 11.2 Å². The van der Waals surface area contributed by atoms with Crippen molar-refractivity contribution in [2.75, 3.05) is 0 Å². The van der Waals surface area contributed by atoms with Crippen LogP contribution in [0.25, 0.3) is 11.1 Å². The van der Waals surface area contributed by atoms with Gasteiger partial charge in [0.15, 0.2) is 0 Å². The molecule has 0 bridgehead atoms. The minimum Gasteiger partial charge on any atom is -0.273 e. The fourth-order valence-electron chi connectivity index (χ4n) is 3.63. The molecule has 0 aliphatic rings. The first-order valence-electron chi connectivity index (χ1n) is 10.7. The van der Waals surface area contributed by atoms with Gasteiger partial charge >= 0.3 is 0 Å². The number of amides is 2. The van der Waals surface area contributed by atoms with Crippen molar-refractivity contribution in [3.05, 3.63) is 95.1 Å². The lowest BCUT2D eigenvalue weighted by Gasteiger charge is -2.27. The second kappa shape index (κ2) is 10.1. The van der Waals surface area contributed by atoms with Crippen LogP contribution in [0.4, 0.5) is 0 Å². The van der Waals surface area contributed by atoms with Gasteiger partial charge < -0.3 is 0 Å². The molecule has 0 fully saturated rings. The molecule has 0 spiro atoms. The zero-order chi connectivity index (χ0) is 22.4. The molecule has 4 heteroatoms. The largest absolute Gasteiger partial charge is 0.273 e. The van der Waals surface area contributed by atoms with Crippen LogP contribution >= 0.6 is 0 Å². The molecule has 4 nitrogen and oxygen atoms in total. The van der Waals surface area contributed by atoms with Gasteiger partial charge in [-0.05, 0) is 68.5 Å². The summed E-state index contributed by atoms with van der Waals surface area (Å²) in [4.78, 5) is 25.5. The van der Waals surface area contributed by atoms with Gasteiger partial charge in [-0.3, -0.25) is 20.0 Å². The van der Waals surface area contributed by atoms with Crippen molar-refractivity contribution in [3.63, 3.8) is 0 Å². The molecule has 3 aromatic rings. The van der Waals surface area contributed by atoms with Crippen molar-refractivity contribution < 1.29 is 9.59 Å². The molecule has 3 aromatic carbocycles. The molecule has 0 aliphatic heterocycles. The van der Waals surface area contributed by atoms with Crippen LogP contribution in [0.15, 0.2) is 72.8 Å². The Hall–Kier alpha value is -3.40. The second-order valence-electron chi connectivity index (χ2n) is 8.14. The van der Waals surface area contributed by atoms with Crippen molar-refractivity contribution in [2.24, 2.45) is 0 Å². The third-order valence-electron chi connectivity index (χ3n) is 5.35. The average Bonchev–Trinajstić information content (AvgIpc) is 2.78. The number of rotatable bonds is 6. The van der Waals surface area contributed by atoms with E-state index < -0.39 is 0 Å². The molecule has 0 aliphatic carbocycles. The topological polar surface area (TPSA) is 49.4 Å². The third kappa shape index (κ3) is 5.60. The summed E-state index contributed by atoms with van der Waals surface area (Å²) in [5.74, 6) is -0.381. The first-order valence-corrected chi connectivity index (χ1v) is 10.7. The molecule has 160 valence electrons. The van der Waals surface area contributed by atoms with Crippen LogP contribution in [0.1, 0.15) is 47.3 Å². The zero-order valence-corrected chi connectivity index (χ0v) is 18.7. The van der Waals surface area contributed by atoms with Crippen molar-refractivity contribution in [1.29, 1.82) is 0 Å².